The first kappa shape index (κ1) is 16.7. The van der Waals surface area contributed by atoms with Crippen molar-refractivity contribution in [1.82, 2.24) is 5.32 Å². The highest BCUT2D eigenvalue weighted by molar-refractivity contribution is 5.90. The summed E-state index contributed by atoms with van der Waals surface area (Å²) < 4.78 is 18.5. The third-order valence-corrected chi connectivity index (χ3v) is 2.12. The Hall–Kier alpha value is -1.33. The van der Waals surface area contributed by atoms with E-state index in [9.17, 15) is 9.18 Å². The number of nitrogens with one attached hydrogen (secondary N) is 2. The molecule has 18 heavy (non-hydrogen) atoms. The summed E-state index contributed by atoms with van der Waals surface area (Å²) in [5.41, 5.74) is 0.437. The monoisotopic (exact) mass is 276 g/mol. The van der Waals surface area contributed by atoms with E-state index in [4.69, 9.17) is 4.74 Å². The topological polar surface area (TPSA) is 50.4 Å². The first-order chi connectivity index (χ1) is 8.17. The molecule has 1 aromatic rings. The first-order valence-corrected chi connectivity index (χ1v) is 5.54. The fourth-order valence-corrected chi connectivity index (χ4v) is 1.31. The van der Waals surface area contributed by atoms with Crippen LogP contribution in [0, 0.1) is 5.82 Å². The third-order valence-electron chi connectivity index (χ3n) is 2.12. The van der Waals surface area contributed by atoms with E-state index >= 15 is 0 Å². The molecule has 0 heterocycles. The van der Waals surface area contributed by atoms with E-state index < -0.39 is 5.82 Å². The Morgan fingerprint density at radius 3 is 2.72 bits per heavy atom. The first-order valence-electron chi connectivity index (χ1n) is 5.54. The molecule has 0 aliphatic carbocycles. The highest BCUT2D eigenvalue weighted by atomic mass is 35.5. The molecule has 1 aromatic carbocycles. The maximum Gasteiger partial charge on any atom is 0.225 e. The number of anilines is 1. The van der Waals surface area contributed by atoms with E-state index in [-0.39, 0.29) is 24.1 Å². The molecule has 0 unspecified atom stereocenters. The highest BCUT2D eigenvalue weighted by Gasteiger charge is 2.06. The molecular formula is C12H18ClFN2O2. The van der Waals surface area contributed by atoms with Crippen LogP contribution in [-0.2, 0) is 4.79 Å². The molecule has 0 fully saturated rings. The number of rotatable bonds is 6. The largest absolute Gasteiger partial charge is 0.491 e. The van der Waals surface area contributed by atoms with Gasteiger partial charge in [0, 0.05) is 24.7 Å². The van der Waals surface area contributed by atoms with Crippen molar-refractivity contribution < 1.29 is 13.9 Å². The van der Waals surface area contributed by atoms with Gasteiger partial charge in [0.2, 0.25) is 5.91 Å². The summed E-state index contributed by atoms with van der Waals surface area (Å²) in [6.07, 6.45) is 0.353. The summed E-state index contributed by atoms with van der Waals surface area (Å²) in [4.78, 5) is 11.4. The van der Waals surface area contributed by atoms with Crippen LogP contribution in [0.4, 0.5) is 10.1 Å². The number of benzene rings is 1. The SMILES string of the molecule is CCOc1ccc(NC(=O)CCNC)cc1F.Cl. The van der Waals surface area contributed by atoms with Crippen molar-refractivity contribution in [3.63, 3.8) is 0 Å². The summed E-state index contributed by atoms with van der Waals surface area (Å²) >= 11 is 0. The second-order valence-electron chi connectivity index (χ2n) is 3.48. The molecule has 0 saturated heterocycles. The lowest BCUT2D eigenvalue weighted by Crippen LogP contribution is -2.18. The number of halogens is 2. The summed E-state index contributed by atoms with van der Waals surface area (Å²) in [5.74, 6) is -0.429. The van der Waals surface area contributed by atoms with Crippen molar-refractivity contribution in [2.24, 2.45) is 0 Å². The Kier molecular flexibility index (Phi) is 8.07. The molecule has 0 spiro atoms. The minimum absolute atomic E-state index is 0. The van der Waals surface area contributed by atoms with Gasteiger partial charge >= 0.3 is 0 Å². The van der Waals surface area contributed by atoms with Crippen LogP contribution in [0.3, 0.4) is 0 Å². The van der Waals surface area contributed by atoms with E-state index in [1.807, 2.05) is 0 Å². The average molecular weight is 277 g/mol. The van der Waals surface area contributed by atoms with E-state index in [0.29, 0.717) is 25.3 Å². The maximum atomic E-state index is 13.5. The molecule has 1 rings (SSSR count). The molecule has 0 aromatic heterocycles. The maximum absolute atomic E-state index is 13.5. The van der Waals surface area contributed by atoms with Gasteiger partial charge in [0.05, 0.1) is 6.61 Å². The van der Waals surface area contributed by atoms with E-state index in [1.54, 1.807) is 20.0 Å². The van der Waals surface area contributed by atoms with Crippen molar-refractivity contribution in [2.75, 3.05) is 25.5 Å². The Morgan fingerprint density at radius 2 is 2.17 bits per heavy atom. The fourth-order valence-electron chi connectivity index (χ4n) is 1.31. The van der Waals surface area contributed by atoms with Gasteiger partial charge in [-0.3, -0.25) is 4.79 Å². The second-order valence-corrected chi connectivity index (χ2v) is 3.48. The minimum atomic E-state index is -0.474. The van der Waals surface area contributed by atoms with Crippen molar-refractivity contribution in [2.45, 2.75) is 13.3 Å². The van der Waals surface area contributed by atoms with Gasteiger partial charge in [-0.1, -0.05) is 0 Å². The zero-order chi connectivity index (χ0) is 12.7. The zero-order valence-electron chi connectivity index (χ0n) is 10.5. The van der Waals surface area contributed by atoms with Crippen molar-refractivity contribution in [1.29, 1.82) is 0 Å². The number of amides is 1. The molecule has 6 heteroatoms. The van der Waals surface area contributed by atoms with E-state index in [0.717, 1.165) is 0 Å². The van der Waals surface area contributed by atoms with Crippen molar-refractivity contribution in [3.05, 3.63) is 24.0 Å². The van der Waals surface area contributed by atoms with E-state index in [2.05, 4.69) is 10.6 Å². The Morgan fingerprint density at radius 1 is 1.44 bits per heavy atom. The second kappa shape index (κ2) is 8.72. The molecule has 0 bridgehead atoms. The quantitative estimate of drug-likeness (QED) is 0.837. The van der Waals surface area contributed by atoms with Crippen LogP contribution in [0.1, 0.15) is 13.3 Å². The summed E-state index contributed by atoms with van der Waals surface area (Å²) in [5, 5.41) is 5.48. The summed E-state index contributed by atoms with van der Waals surface area (Å²) in [6.45, 7) is 2.78. The van der Waals surface area contributed by atoms with Gasteiger partial charge < -0.3 is 15.4 Å². The molecule has 2 N–H and O–H groups in total. The van der Waals surface area contributed by atoms with Gasteiger partial charge in [0.25, 0.3) is 0 Å². The van der Waals surface area contributed by atoms with Gasteiger partial charge in [0.1, 0.15) is 0 Å². The Balaban J connectivity index is 0.00000289. The summed E-state index contributed by atoms with van der Waals surface area (Å²) in [7, 11) is 1.77. The Bertz CT molecular complexity index is 388. The average Bonchev–Trinajstić information content (AvgIpc) is 2.30. The van der Waals surface area contributed by atoms with Gasteiger partial charge in [-0.2, -0.15) is 0 Å². The standard InChI is InChI=1S/C12H17FN2O2.ClH/c1-3-17-11-5-4-9(8-10(11)13)15-12(16)6-7-14-2;/h4-5,8,14H,3,6-7H2,1-2H3,(H,15,16);1H. The molecule has 0 atom stereocenters. The lowest BCUT2D eigenvalue weighted by Gasteiger charge is -2.08. The molecule has 0 aliphatic heterocycles. The normalized spacial score (nSPS) is 9.50. The number of ether oxygens (including phenoxy) is 1. The fraction of sp³-hybridized carbons (Fsp3) is 0.417. The number of carbonyl (C=O) groups excluding carboxylic acids is 1. The van der Waals surface area contributed by atoms with Gasteiger partial charge in [-0.05, 0) is 26.1 Å². The van der Waals surface area contributed by atoms with Crippen LogP contribution in [0.15, 0.2) is 18.2 Å². The van der Waals surface area contributed by atoms with E-state index in [1.165, 1.54) is 12.1 Å². The molecule has 102 valence electrons. The third kappa shape index (κ3) is 5.33. The predicted molar refractivity (Wildman–Crippen MR) is 72.0 cm³/mol. The van der Waals surface area contributed by atoms with Crippen LogP contribution < -0.4 is 15.4 Å². The van der Waals surface area contributed by atoms with Gasteiger partial charge in [0.15, 0.2) is 11.6 Å². The number of hydrogen-bond donors (Lipinski definition) is 2. The molecular weight excluding hydrogens is 259 g/mol. The molecule has 0 saturated carbocycles. The van der Waals surface area contributed by atoms with Crippen LogP contribution in [0.2, 0.25) is 0 Å². The lowest BCUT2D eigenvalue weighted by molar-refractivity contribution is -0.116. The molecule has 4 nitrogen and oxygen atoms in total. The highest BCUT2D eigenvalue weighted by Crippen LogP contribution is 2.21. The lowest BCUT2D eigenvalue weighted by atomic mass is 10.2. The van der Waals surface area contributed by atoms with Crippen LogP contribution in [-0.4, -0.2) is 26.1 Å². The van der Waals surface area contributed by atoms with Gasteiger partial charge in [-0.15, -0.1) is 12.4 Å². The van der Waals surface area contributed by atoms with Crippen molar-refractivity contribution >= 4 is 24.0 Å². The molecule has 0 radical (unpaired) electrons. The minimum Gasteiger partial charge on any atom is -0.491 e. The zero-order valence-corrected chi connectivity index (χ0v) is 11.3. The number of carbonyl (C=O) groups is 1. The summed E-state index contributed by atoms with van der Waals surface area (Å²) in [6, 6.07) is 4.38. The van der Waals surface area contributed by atoms with Gasteiger partial charge in [-0.25, -0.2) is 4.39 Å². The Labute approximate surface area is 112 Å². The van der Waals surface area contributed by atoms with Crippen molar-refractivity contribution in [3.8, 4) is 5.75 Å². The molecule has 0 aliphatic rings. The smallest absolute Gasteiger partial charge is 0.225 e. The van der Waals surface area contributed by atoms with Crippen LogP contribution >= 0.6 is 12.4 Å². The van der Waals surface area contributed by atoms with Crippen LogP contribution in [0.5, 0.6) is 5.75 Å². The molecule has 1 amide bonds. The number of hydrogen-bond acceptors (Lipinski definition) is 3. The predicted octanol–water partition coefficient (Wildman–Crippen LogP) is 2.19. The van der Waals surface area contributed by atoms with Crippen LogP contribution in [0.25, 0.3) is 0 Å².